The van der Waals surface area contributed by atoms with Gasteiger partial charge in [0.1, 0.15) is 0 Å². The second-order valence-electron chi connectivity index (χ2n) is 6.41. The first-order chi connectivity index (χ1) is 13.4. The Morgan fingerprint density at radius 3 is 1.36 bits per heavy atom. The first-order valence-corrected chi connectivity index (χ1v) is 9.57. The lowest BCUT2D eigenvalue weighted by Gasteiger charge is -2.28. The van der Waals surface area contributed by atoms with Gasteiger partial charge in [-0.25, -0.2) is 19.2 Å². The second kappa shape index (κ2) is 13.6. The topological polar surface area (TPSA) is 129 Å². The zero-order chi connectivity index (χ0) is 20.8. The minimum Gasteiger partial charge on any atom is -0.463 e. The minimum absolute atomic E-state index is 0.241. The van der Waals surface area contributed by atoms with Crippen LogP contribution >= 0.6 is 0 Å². The monoisotopic (exact) mass is 402 g/mol. The minimum atomic E-state index is -0.638. The summed E-state index contributed by atoms with van der Waals surface area (Å²) in [5.74, 6) is -0.512. The van der Waals surface area contributed by atoms with Crippen LogP contribution in [0.5, 0.6) is 0 Å². The molecule has 10 heteroatoms. The normalized spacial score (nSPS) is 18.5. The van der Waals surface area contributed by atoms with Crippen LogP contribution in [0.1, 0.15) is 39.5 Å². The lowest BCUT2D eigenvalue weighted by Crippen LogP contribution is -2.35. The number of hydrogen-bond donors (Lipinski definition) is 2. The van der Waals surface area contributed by atoms with Crippen molar-refractivity contribution < 1.29 is 38.1 Å². The van der Waals surface area contributed by atoms with Crippen molar-refractivity contribution in [1.82, 2.24) is 10.6 Å². The van der Waals surface area contributed by atoms with Gasteiger partial charge in [0.25, 0.3) is 0 Å². The van der Waals surface area contributed by atoms with Crippen molar-refractivity contribution in [2.24, 2.45) is 11.8 Å². The molecule has 2 amide bonds. The number of hydrogen-bond acceptors (Lipinski definition) is 8. The van der Waals surface area contributed by atoms with Gasteiger partial charge in [-0.15, -0.1) is 0 Å². The van der Waals surface area contributed by atoms with E-state index in [-0.39, 0.29) is 13.2 Å². The van der Waals surface area contributed by atoms with Gasteiger partial charge in [0.05, 0.1) is 13.2 Å². The Balaban J connectivity index is 2.10. The third-order valence-electron chi connectivity index (χ3n) is 4.29. The van der Waals surface area contributed by atoms with Crippen LogP contribution in [-0.2, 0) is 28.5 Å². The van der Waals surface area contributed by atoms with E-state index in [1.165, 1.54) is 0 Å². The average molecular weight is 402 g/mol. The molecular weight excluding hydrogens is 372 g/mol. The zero-order valence-corrected chi connectivity index (χ0v) is 16.5. The number of ether oxygens (including phenoxy) is 4. The summed E-state index contributed by atoms with van der Waals surface area (Å²) in [4.78, 5) is 45.3. The summed E-state index contributed by atoms with van der Waals surface area (Å²) in [6.07, 6.45) is 2.34. The number of carbonyl (C=O) groups excluding carboxylic acids is 4. The fourth-order valence-corrected chi connectivity index (χ4v) is 2.85. The van der Waals surface area contributed by atoms with Gasteiger partial charge in [-0.1, -0.05) is 0 Å². The molecule has 160 valence electrons. The van der Waals surface area contributed by atoms with Gasteiger partial charge in [-0.2, -0.15) is 0 Å². The van der Waals surface area contributed by atoms with E-state index >= 15 is 0 Å². The Morgan fingerprint density at radius 2 is 1.04 bits per heavy atom. The van der Waals surface area contributed by atoms with Crippen molar-refractivity contribution in [1.29, 1.82) is 0 Å². The summed E-state index contributed by atoms with van der Waals surface area (Å²) in [6, 6.07) is 0. The summed E-state index contributed by atoms with van der Waals surface area (Å²) >= 11 is 0. The SMILES string of the molecule is CCOC(=O)COC(=O)NCC1CCC(CNC(=O)OCC(=O)OCC)CC1. The van der Waals surface area contributed by atoms with Gasteiger partial charge in [-0.05, 0) is 51.4 Å². The van der Waals surface area contributed by atoms with Gasteiger partial charge in [0, 0.05) is 13.1 Å². The predicted octanol–water partition coefficient (Wildman–Crippen LogP) is 1.37. The fourth-order valence-electron chi connectivity index (χ4n) is 2.85. The summed E-state index contributed by atoms with van der Waals surface area (Å²) in [5, 5.41) is 5.30. The lowest BCUT2D eigenvalue weighted by molar-refractivity contribution is -0.147. The Hall–Kier alpha value is -2.52. The summed E-state index contributed by atoms with van der Waals surface area (Å²) < 4.78 is 18.9. The number of nitrogens with one attached hydrogen (secondary N) is 2. The van der Waals surface area contributed by atoms with Crippen molar-refractivity contribution in [2.75, 3.05) is 39.5 Å². The number of amides is 2. The maximum atomic E-state index is 11.6. The van der Waals surface area contributed by atoms with Gasteiger partial charge < -0.3 is 29.6 Å². The van der Waals surface area contributed by atoms with Crippen LogP contribution in [-0.4, -0.2) is 63.6 Å². The molecule has 0 unspecified atom stereocenters. The molecular formula is C18H30N2O8. The molecule has 1 aliphatic carbocycles. The molecule has 0 atom stereocenters. The number of carbonyl (C=O) groups is 4. The highest BCUT2D eigenvalue weighted by Gasteiger charge is 2.22. The number of alkyl carbamates (subject to hydrolysis) is 2. The van der Waals surface area contributed by atoms with Crippen molar-refractivity contribution in [3.05, 3.63) is 0 Å². The number of rotatable bonds is 10. The fraction of sp³-hybridized carbons (Fsp3) is 0.778. The highest BCUT2D eigenvalue weighted by atomic mass is 16.6. The van der Waals surface area contributed by atoms with E-state index in [2.05, 4.69) is 20.1 Å². The van der Waals surface area contributed by atoms with E-state index in [9.17, 15) is 19.2 Å². The molecule has 0 saturated heterocycles. The summed E-state index contributed by atoms with van der Waals surface area (Å²) in [6.45, 7) is 3.99. The van der Waals surface area contributed by atoms with E-state index < -0.39 is 37.3 Å². The van der Waals surface area contributed by atoms with Crippen molar-refractivity contribution >= 4 is 24.1 Å². The molecule has 0 aromatic rings. The van der Waals surface area contributed by atoms with E-state index in [0.29, 0.717) is 24.9 Å². The third-order valence-corrected chi connectivity index (χ3v) is 4.29. The molecule has 0 aromatic heterocycles. The van der Waals surface area contributed by atoms with E-state index in [4.69, 9.17) is 9.47 Å². The largest absolute Gasteiger partial charge is 0.463 e. The van der Waals surface area contributed by atoms with E-state index in [0.717, 1.165) is 25.7 Å². The second-order valence-corrected chi connectivity index (χ2v) is 6.41. The third kappa shape index (κ3) is 10.6. The van der Waals surface area contributed by atoms with Crippen LogP contribution in [0.3, 0.4) is 0 Å². The highest BCUT2D eigenvalue weighted by molar-refractivity contribution is 5.76. The summed E-state index contributed by atoms with van der Waals surface area (Å²) in [7, 11) is 0. The molecule has 0 bridgehead atoms. The maximum Gasteiger partial charge on any atom is 0.407 e. The molecule has 1 rings (SSSR count). The van der Waals surface area contributed by atoms with Crippen molar-refractivity contribution in [3.8, 4) is 0 Å². The predicted molar refractivity (Wildman–Crippen MR) is 97.4 cm³/mol. The molecule has 1 aliphatic rings. The van der Waals surface area contributed by atoms with Crippen molar-refractivity contribution in [3.63, 3.8) is 0 Å². The van der Waals surface area contributed by atoms with Gasteiger partial charge in [-0.3, -0.25) is 0 Å². The Bertz CT molecular complexity index is 472. The quantitative estimate of drug-likeness (QED) is 0.414. The molecule has 1 fully saturated rings. The molecule has 0 radical (unpaired) electrons. The van der Waals surface area contributed by atoms with Crippen LogP contribution in [0.25, 0.3) is 0 Å². The van der Waals surface area contributed by atoms with E-state index in [1.807, 2.05) is 0 Å². The maximum absolute atomic E-state index is 11.6. The molecule has 28 heavy (non-hydrogen) atoms. The highest BCUT2D eigenvalue weighted by Crippen LogP contribution is 2.27. The van der Waals surface area contributed by atoms with Crippen LogP contribution in [0.2, 0.25) is 0 Å². The first kappa shape index (κ1) is 23.5. The molecule has 0 spiro atoms. The molecule has 0 heterocycles. The van der Waals surface area contributed by atoms with E-state index in [1.54, 1.807) is 13.8 Å². The van der Waals surface area contributed by atoms with Crippen LogP contribution < -0.4 is 10.6 Å². The molecule has 1 saturated carbocycles. The summed E-state index contributed by atoms with van der Waals surface area (Å²) in [5.41, 5.74) is 0. The molecule has 0 aliphatic heterocycles. The van der Waals surface area contributed by atoms with Gasteiger partial charge in [0.15, 0.2) is 13.2 Å². The van der Waals surface area contributed by atoms with Gasteiger partial charge >= 0.3 is 24.1 Å². The first-order valence-electron chi connectivity index (χ1n) is 9.57. The smallest absolute Gasteiger partial charge is 0.407 e. The van der Waals surface area contributed by atoms with Crippen LogP contribution in [0.4, 0.5) is 9.59 Å². The zero-order valence-electron chi connectivity index (χ0n) is 16.5. The van der Waals surface area contributed by atoms with Gasteiger partial charge in [0.2, 0.25) is 0 Å². The average Bonchev–Trinajstić information content (AvgIpc) is 2.69. The Morgan fingerprint density at radius 1 is 0.679 bits per heavy atom. The van der Waals surface area contributed by atoms with Crippen LogP contribution in [0, 0.1) is 11.8 Å². The molecule has 2 N–H and O–H groups in total. The number of esters is 2. The molecule has 0 aromatic carbocycles. The van der Waals surface area contributed by atoms with Crippen molar-refractivity contribution in [2.45, 2.75) is 39.5 Å². The Labute approximate surface area is 164 Å². The standard InChI is InChI=1S/C18H30N2O8/c1-3-25-15(21)11-27-17(23)19-9-13-5-7-14(8-6-13)10-20-18(24)28-12-16(22)26-4-2/h13-14H,3-12H2,1-2H3,(H,19,23)(H,20,24). The Kier molecular flexibility index (Phi) is 11.4. The lowest BCUT2D eigenvalue weighted by atomic mass is 9.82. The molecule has 10 nitrogen and oxygen atoms in total. The van der Waals surface area contributed by atoms with Crippen LogP contribution in [0.15, 0.2) is 0 Å².